The number of rotatable bonds is 3. The molecule has 0 fully saturated rings. The predicted molar refractivity (Wildman–Crippen MR) is 74.1 cm³/mol. The fraction of sp³-hybridized carbons (Fsp3) is 0.429. The van der Waals surface area contributed by atoms with Crippen molar-refractivity contribution in [1.29, 1.82) is 0 Å². The number of likely N-dealkylation sites (N-methyl/N-ethyl adjacent to an activating group) is 1. The second-order valence-electron chi connectivity index (χ2n) is 5.15. The summed E-state index contributed by atoms with van der Waals surface area (Å²) in [4.78, 5) is 19.9. The van der Waals surface area contributed by atoms with Crippen LogP contribution in [0.25, 0.3) is 0 Å². The number of amides is 2. The minimum absolute atomic E-state index is 0.153. The van der Waals surface area contributed by atoms with Crippen molar-refractivity contribution in [2.45, 2.75) is 12.5 Å². The van der Waals surface area contributed by atoms with Crippen molar-refractivity contribution in [1.82, 2.24) is 9.80 Å². The molecule has 5 nitrogen and oxygen atoms in total. The lowest BCUT2D eigenvalue weighted by molar-refractivity contribution is 0.0625. The van der Waals surface area contributed by atoms with Crippen LogP contribution >= 0.6 is 0 Å². The van der Waals surface area contributed by atoms with E-state index in [-0.39, 0.29) is 17.7 Å². The normalized spacial score (nSPS) is 17.2. The second kappa shape index (κ2) is 6.07. The number of carbonyl (C=O) groups excluding carboxylic acids is 1. The highest BCUT2D eigenvalue weighted by Crippen LogP contribution is 2.20. The van der Waals surface area contributed by atoms with E-state index >= 15 is 0 Å². The maximum Gasteiger partial charge on any atom is 0.319 e. The smallest absolute Gasteiger partial charge is 0.319 e. The van der Waals surface area contributed by atoms with E-state index in [9.17, 15) is 13.6 Å². The first-order valence-corrected chi connectivity index (χ1v) is 6.49. The number of benzene rings is 1. The first kappa shape index (κ1) is 15.2. The number of hydrogen-bond acceptors (Lipinski definition) is 3. The summed E-state index contributed by atoms with van der Waals surface area (Å²) in [6, 6.07) is 3.17. The van der Waals surface area contributed by atoms with Crippen LogP contribution in [-0.2, 0) is 4.84 Å². The number of carbonyl (C=O) groups is 1. The summed E-state index contributed by atoms with van der Waals surface area (Å²) in [7, 11) is 4.97. The van der Waals surface area contributed by atoms with Gasteiger partial charge >= 0.3 is 6.03 Å². The molecule has 2 amide bonds. The van der Waals surface area contributed by atoms with Gasteiger partial charge < -0.3 is 14.6 Å². The Hall–Kier alpha value is -2.18. The fourth-order valence-corrected chi connectivity index (χ4v) is 2.13. The monoisotopic (exact) mass is 297 g/mol. The van der Waals surface area contributed by atoms with E-state index in [1.54, 1.807) is 21.1 Å². The molecule has 2 rings (SSSR count). The molecule has 0 spiro atoms. The lowest BCUT2D eigenvalue weighted by atomic mass is 10.0. The first-order valence-electron chi connectivity index (χ1n) is 6.49. The molecule has 1 aromatic carbocycles. The van der Waals surface area contributed by atoms with E-state index in [2.05, 4.69) is 5.16 Å². The van der Waals surface area contributed by atoms with Crippen LogP contribution in [-0.4, -0.2) is 55.3 Å². The van der Waals surface area contributed by atoms with Crippen LogP contribution in [0.5, 0.6) is 0 Å². The highest BCUT2D eigenvalue weighted by Gasteiger charge is 2.27. The average molecular weight is 297 g/mol. The summed E-state index contributed by atoms with van der Waals surface area (Å²) in [5.41, 5.74) is 0.642. The molecule has 21 heavy (non-hydrogen) atoms. The van der Waals surface area contributed by atoms with Crippen LogP contribution in [0.3, 0.4) is 0 Å². The Morgan fingerprint density at radius 3 is 2.71 bits per heavy atom. The Morgan fingerprint density at radius 2 is 2.10 bits per heavy atom. The fourth-order valence-electron chi connectivity index (χ4n) is 2.13. The molecule has 1 atom stereocenters. The van der Waals surface area contributed by atoms with Crippen molar-refractivity contribution in [3.8, 4) is 0 Å². The maximum atomic E-state index is 13.7. The third-order valence-corrected chi connectivity index (χ3v) is 3.16. The summed E-state index contributed by atoms with van der Waals surface area (Å²) in [5, 5.41) is 3.84. The van der Waals surface area contributed by atoms with E-state index < -0.39 is 11.6 Å². The molecular formula is C14H17F2N3O2. The van der Waals surface area contributed by atoms with Crippen LogP contribution < -0.4 is 0 Å². The highest BCUT2D eigenvalue weighted by molar-refractivity contribution is 6.01. The van der Waals surface area contributed by atoms with Crippen LogP contribution in [0.4, 0.5) is 13.6 Å². The van der Waals surface area contributed by atoms with Gasteiger partial charge in [-0.1, -0.05) is 5.16 Å². The number of halogens is 2. The number of hydrogen-bond donors (Lipinski definition) is 0. The van der Waals surface area contributed by atoms with E-state index in [0.717, 1.165) is 6.07 Å². The van der Waals surface area contributed by atoms with Gasteiger partial charge in [0.05, 0.1) is 12.3 Å². The van der Waals surface area contributed by atoms with Crippen molar-refractivity contribution < 1.29 is 18.4 Å². The van der Waals surface area contributed by atoms with Gasteiger partial charge in [-0.15, -0.1) is 0 Å². The largest absolute Gasteiger partial charge is 0.390 e. The molecule has 0 saturated carbocycles. The minimum Gasteiger partial charge on any atom is -0.390 e. The van der Waals surface area contributed by atoms with Crippen molar-refractivity contribution in [3.05, 3.63) is 35.4 Å². The molecular weight excluding hydrogens is 280 g/mol. The molecule has 1 aromatic rings. The molecule has 0 N–H and O–H groups in total. The third kappa shape index (κ3) is 3.48. The Morgan fingerprint density at radius 1 is 1.38 bits per heavy atom. The SMILES string of the molecule is CN(C)C(=O)N(C)CC1CC(c2ccc(F)cc2F)=NO1. The molecule has 0 saturated heterocycles. The van der Waals surface area contributed by atoms with Crippen LogP contribution in [0.2, 0.25) is 0 Å². The molecule has 0 radical (unpaired) electrons. The lowest BCUT2D eigenvalue weighted by Gasteiger charge is -2.23. The van der Waals surface area contributed by atoms with Crippen molar-refractivity contribution in [2.24, 2.45) is 5.16 Å². The zero-order chi connectivity index (χ0) is 15.6. The topological polar surface area (TPSA) is 45.1 Å². The van der Waals surface area contributed by atoms with E-state index in [1.165, 1.54) is 21.9 Å². The molecule has 0 aromatic heterocycles. The zero-order valence-electron chi connectivity index (χ0n) is 12.1. The standard InChI is InChI=1S/C14H17F2N3O2/c1-18(2)14(20)19(3)8-10-7-13(17-21-10)11-5-4-9(15)6-12(11)16/h4-6,10H,7-8H2,1-3H3. The Balaban J connectivity index is 1.98. The number of urea groups is 1. The molecule has 1 aliphatic rings. The third-order valence-electron chi connectivity index (χ3n) is 3.16. The molecule has 1 unspecified atom stereocenters. The van der Waals surface area contributed by atoms with Gasteiger partial charge in [0.1, 0.15) is 11.6 Å². The Labute approximate surface area is 121 Å². The maximum absolute atomic E-state index is 13.7. The summed E-state index contributed by atoms with van der Waals surface area (Å²) in [6.07, 6.45) is 0.0338. The summed E-state index contributed by atoms with van der Waals surface area (Å²) < 4.78 is 26.6. The van der Waals surface area contributed by atoms with Crippen molar-refractivity contribution >= 4 is 11.7 Å². The van der Waals surface area contributed by atoms with Gasteiger partial charge in [-0.05, 0) is 12.1 Å². The lowest BCUT2D eigenvalue weighted by Crippen LogP contribution is -2.40. The molecule has 114 valence electrons. The van der Waals surface area contributed by atoms with Crippen LogP contribution in [0.15, 0.2) is 23.4 Å². The molecule has 0 aliphatic carbocycles. The van der Waals surface area contributed by atoms with Gasteiger partial charge in [-0.3, -0.25) is 0 Å². The number of oxime groups is 1. The summed E-state index contributed by atoms with van der Waals surface area (Å²) in [6.45, 7) is 0.340. The molecule has 1 heterocycles. The average Bonchev–Trinajstić information content (AvgIpc) is 2.85. The van der Waals surface area contributed by atoms with Crippen molar-refractivity contribution in [3.63, 3.8) is 0 Å². The minimum atomic E-state index is -0.671. The molecule has 7 heteroatoms. The van der Waals surface area contributed by atoms with Gasteiger partial charge in [0, 0.05) is 39.2 Å². The van der Waals surface area contributed by atoms with Gasteiger partial charge in [0.2, 0.25) is 0 Å². The Bertz CT molecular complexity index is 575. The van der Waals surface area contributed by atoms with Gasteiger partial charge in [-0.25, -0.2) is 13.6 Å². The molecule has 1 aliphatic heterocycles. The van der Waals surface area contributed by atoms with E-state index in [0.29, 0.717) is 18.7 Å². The first-order chi connectivity index (χ1) is 9.88. The van der Waals surface area contributed by atoms with Crippen LogP contribution in [0, 0.1) is 11.6 Å². The van der Waals surface area contributed by atoms with Gasteiger partial charge in [0.15, 0.2) is 6.10 Å². The summed E-state index contributed by atoms with van der Waals surface area (Å²) in [5.74, 6) is -1.31. The van der Waals surface area contributed by atoms with E-state index in [4.69, 9.17) is 4.84 Å². The zero-order valence-corrected chi connectivity index (χ0v) is 12.1. The van der Waals surface area contributed by atoms with Gasteiger partial charge in [0.25, 0.3) is 0 Å². The molecule has 0 bridgehead atoms. The second-order valence-corrected chi connectivity index (χ2v) is 5.15. The highest BCUT2D eigenvalue weighted by atomic mass is 19.1. The van der Waals surface area contributed by atoms with Crippen LogP contribution in [0.1, 0.15) is 12.0 Å². The predicted octanol–water partition coefficient (Wildman–Crippen LogP) is 2.07. The Kier molecular flexibility index (Phi) is 4.40. The van der Waals surface area contributed by atoms with Crippen molar-refractivity contribution in [2.75, 3.05) is 27.7 Å². The quantitative estimate of drug-likeness (QED) is 0.857. The number of nitrogens with zero attached hydrogens (tertiary/aromatic N) is 3. The van der Waals surface area contributed by atoms with Gasteiger partial charge in [-0.2, -0.15) is 0 Å². The van der Waals surface area contributed by atoms with E-state index in [1.807, 2.05) is 0 Å². The summed E-state index contributed by atoms with van der Waals surface area (Å²) >= 11 is 0.